The van der Waals surface area contributed by atoms with E-state index in [2.05, 4.69) is 38.5 Å². The van der Waals surface area contributed by atoms with Crippen LogP contribution in [0, 0.1) is 16.3 Å². The van der Waals surface area contributed by atoms with Crippen LogP contribution in [0.25, 0.3) is 0 Å². The molecule has 1 N–H and O–H groups in total. The second kappa shape index (κ2) is 6.08. The molecule has 0 saturated heterocycles. The summed E-state index contributed by atoms with van der Waals surface area (Å²) in [5.74, 6) is -0.596. The minimum absolute atomic E-state index is 0.0146. The van der Waals surface area contributed by atoms with Gasteiger partial charge in [0.25, 0.3) is 0 Å². The quantitative estimate of drug-likeness (QED) is 0.485. The van der Waals surface area contributed by atoms with Gasteiger partial charge in [-0.25, -0.2) is 4.39 Å². The Morgan fingerprint density at radius 2 is 1.95 bits per heavy atom. The van der Waals surface area contributed by atoms with E-state index in [0.29, 0.717) is 10.0 Å². The summed E-state index contributed by atoms with van der Waals surface area (Å²) in [6.45, 7) is 1.95. The van der Waals surface area contributed by atoms with Crippen LogP contribution in [0.3, 0.4) is 0 Å². The molecule has 1 atom stereocenters. The maximum absolute atomic E-state index is 14.1. The number of aliphatic hydroxyl groups excluding tert-OH is 1. The summed E-state index contributed by atoms with van der Waals surface area (Å²) in [5, 5.41) is 10.4. The zero-order valence-corrected chi connectivity index (χ0v) is 14.4. The Bertz CT molecular complexity index is 633. The van der Waals surface area contributed by atoms with E-state index in [-0.39, 0.29) is 10.6 Å². The molecule has 0 aromatic heterocycles. The van der Waals surface area contributed by atoms with Crippen molar-refractivity contribution in [2.75, 3.05) is 0 Å². The molecule has 5 heteroatoms. The summed E-state index contributed by atoms with van der Waals surface area (Å²) in [5.41, 5.74) is 1.90. The van der Waals surface area contributed by atoms with Gasteiger partial charge in [0.2, 0.25) is 0 Å². The number of aliphatic hydroxyl groups is 1. The lowest BCUT2D eigenvalue weighted by Crippen LogP contribution is -2.06. The van der Waals surface area contributed by atoms with Crippen molar-refractivity contribution >= 4 is 50.1 Å². The molecule has 0 spiro atoms. The van der Waals surface area contributed by atoms with Crippen LogP contribution in [0.15, 0.2) is 34.8 Å². The minimum atomic E-state index is -1.03. The molecular formula is C14H10BrClFIO. The Morgan fingerprint density at radius 1 is 1.26 bits per heavy atom. The highest BCUT2D eigenvalue weighted by Gasteiger charge is 2.20. The summed E-state index contributed by atoms with van der Waals surface area (Å²) >= 11 is 11.2. The van der Waals surface area contributed by atoms with Crippen molar-refractivity contribution in [3.8, 4) is 0 Å². The van der Waals surface area contributed by atoms with Gasteiger partial charge in [0.15, 0.2) is 0 Å². The lowest BCUT2D eigenvalue weighted by molar-refractivity contribution is 0.214. The van der Waals surface area contributed by atoms with Crippen molar-refractivity contribution < 1.29 is 9.50 Å². The van der Waals surface area contributed by atoms with E-state index in [1.54, 1.807) is 12.1 Å². The van der Waals surface area contributed by atoms with Crippen LogP contribution in [-0.4, -0.2) is 5.11 Å². The van der Waals surface area contributed by atoms with E-state index in [1.165, 1.54) is 6.07 Å². The van der Waals surface area contributed by atoms with Crippen molar-refractivity contribution in [2.45, 2.75) is 13.0 Å². The minimum Gasteiger partial charge on any atom is -0.384 e. The number of benzene rings is 2. The Morgan fingerprint density at radius 3 is 2.63 bits per heavy atom. The molecule has 19 heavy (non-hydrogen) atoms. The van der Waals surface area contributed by atoms with E-state index in [9.17, 15) is 9.50 Å². The second-order valence-electron chi connectivity index (χ2n) is 4.15. The van der Waals surface area contributed by atoms with Gasteiger partial charge in [-0.1, -0.05) is 35.9 Å². The maximum atomic E-state index is 14.1. The number of hydrogen-bond acceptors (Lipinski definition) is 1. The van der Waals surface area contributed by atoms with Crippen molar-refractivity contribution in [3.05, 3.63) is 65.9 Å². The summed E-state index contributed by atoms with van der Waals surface area (Å²) in [6.07, 6.45) is -1.03. The SMILES string of the molecule is Cc1cccc(C(O)c2ccc(Br)c(Cl)c2F)c1I. The first-order chi connectivity index (χ1) is 8.93. The highest BCUT2D eigenvalue weighted by atomic mass is 127. The second-order valence-corrected chi connectivity index (χ2v) is 6.46. The molecule has 2 aromatic carbocycles. The maximum Gasteiger partial charge on any atom is 0.149 e. The molecule has 2 rings (SSSR count). The highest BCUT2D eigenvalue weighted by Crippen LogP contribution is 2.34. The lowest BCUT2D eigenvalue weighted by Gasteiger charge is -2.16. The molecule has 1 unspecified atom stereocenters. The number of rotatable bonds is 2. The van der Waals surface area contributed by atoms with E-state index in [4.69, 9.17) is 11.6 Å². The molecule has 0 saturated carbocycles. The fourth-order valence-electron chi connectivity index (χ4n) is 1.80. The topological polar surface area (TPSA) is 20.2 Å². The molecule has 100 valence electrons. The highest BCUT2D eigenvalue weighted by molar-refractivity contribution is 14.1. The van der Waals surface area contributed by atoms with Gasteiger partial charge in [-0.15, -0.1) is 0 Å². The van der Waals surface area contributed by atoms with Crippen LogP contribution >= 0.6 is 50.1 Å². The predicted octanol–water partition coefficient (Wildman–Crippen LogP) is 5.24. The van der Waals surface area contributed by atoms with Gasteiger partial charge in [0.1, 0.15) is 11.9 Å². The summed E-state index contributed by atoms with van der Waals surface area (Å²) < 4.78 is 15.5. The van der Waals surface area contributed by atoms with Crippen LogP contribution in [0.2, 0.25) is 5.02 Å². The molecule has 0 aliphatic heterocycles. The Kier molecular flexibility index (Phi) is 4.87. The summed E-state index contributed by atoms with van der Waals surface area (Å²) in [4.78, 5) is 0. The molecule has 0 aliphatic carbocycles. The van der Waals surface area contributed by atoms with Crippen LogP contribution < -0.4 is 0 Å². The van der Waals surface area contributed by atoms with E-state index >= 15 is 0 Å². The average Bonchev–Trinajstić information content (AvgIpc) is 2.39. The van der Waals surface area contributed by atoms with Gasteiger partial charge in [0.05, 0.1) is 5.02 Å². The third-order valence-corrected chi connectivity index (χ3v) is 5.61. The third kappa shape index (κ3) is 2.96. The van der Waals surface area contributed by atoms with Crippen molar-refractivity contribution in [1.29, 1.82) is 0 Å². The number of aryl methyl sites for hydroxylation is 1. The van der Waals surface area contributed by atoms with Gasteiger partial charge in [-0.05, 0) is 62.6 Å². The molecule has 1 nitrogen and oxygen atoms in total. The average molecular weight is 455 g/mol. The molecule has 2 aromatic rings. The summed E-state index contributed by atoms with van der Waals surface area (Å²) in [7, 11) is 0. The first-order valence-electron chi connectivity index (χ1n) is 5.50. The van der Waals surface area contributed by atoms with Gasteiger partial charge < -0.3 is 5.11 Å². The summed E-state index contributed by atoms with van der Waals surface area (Å²) in [6, 6.07) is 8.74. The molecule has 0 amide bonds. The van der Waals surface area contributed by atoms with Gasteiger partial charge in [-0.2, -0.15) is 0 Å². The molecule has 0 fully saturated rings. The zero-order valence-electron chi connectivity index (χ0n) is 9.92. The number of halogens is 4. The van der Waals surface area contributed by atoms with Crippen LogP contribution in [0.1, 0.15) is 22.8 Å². The smallest absolute Gasteiger partial charge is 0.149 e. The first kappa shape index (κ1) is 15.2. The van der Waals surface area contributed by atoms with Gasteiger partial charge in [0, 0.05) is 13.6 Å². The van der Waals surface area contributed by atoms with Crippen molar-refractivity contribution in [3.63, 3.8) is 0 Å². The van der Waals surface area contributed by atoms with Gasteiger partial charge in [-0.3, -0.25) is 0 Å². The Balaban J connectivity index is 2.53. The van der Waals surface area contributed by atoms with Gasteiger partial charge >= 0.3 is 0 Å². The molecule has 0 bridgehead atoms. The lowest BCUT2D eigenvalue weighted by atomic mass is 9.99. The molecule has 0 radical (unpaired) electrons. The van der Waals surface area contributed by atoms with Crippen molar-refractivity contribution in [2.24, 2.45) is 0 Å². The fraction of sp³-hybridized carbons (Fsp3) is 0.143. The Labute approximate surface area is 138 Å². The van der Waals surface area contributed by atoms with Crippen LogP contribution in [0.5, 0.6) is 0 Å². The Hall–Kier alpha value is -0.170. The normalized spacial score (nSPS) is 12.5. The van der Waals surface area contributed by atoms with Crippen molar-refractivity contribution in [1.82, 2.24) is 0 Å². The predicted molar refractivity (Wildman–Crippen MR) is 87.1 cm³/mol. The van der Waals surface area contributed by atoms with E-state index in [1.807, 2.05) is 19.1 Å². The zero-order chi connectivity index (χ0) is 14.2. The fourth-order valence-corrected chi connectivity index (χ4v) is 2.93. The molecular weight excluding hydrogens is 445 g/mol. The molecule has 0 heterocycles. The molecule has 0 aliphatic rings. The monoisotopic (exact) mass is 454 g/mol. The number of hydrogen-bond donors (Lipinski definition) is 1. The first-order valence-corrected chi connectivity index (χ1v) is 7.75. The van der Waals surface area contributed by atoms with Crippen LogP contribution in [0.4, 0.5) is 4.39 Å². The van der Waals surface area contributed by atoms with E-state index in [0.717, 1.165) is 9.13 Å². The third-order valence-electron chi connectivity index (χ3n) is 2.88. The standard InChI is InChI=1S/C14H10BrClFIO/c1-7-3-2-4-9(13(7)18)14(19)8-5-6-10(15)11(16)12(8)17/h2-6,14,19H,1H3. The van der Waals surface area contributed by atoms with E-state index < -0.39 is 11.9 Å². The largest absolute Gasteiger partial charge is 0.384 e. The van der Waals surface area contributed by atoms with Crippen LogP contribution in [-0.2, 0) is 0 Å².